The molecule has 696 valence electrons. The van der Waals surface area contributed by atoms with E-state index < -0.39 is 123 Å². The van der Waals surface area contributed by atoms with Crippen LogP contribution in [0.2, 0.25) is 0 Å². The van der Waals surface area contributed by atoms with Gasteiger partial charge in [-0.05, 0) is 128 Å². The van der Waals surface area contributed by atoms with Gasteiger partial charge in [-0.1, -0.05) is 385 Å². The van der Waals surface area contributed by atoms with Crippen LogP contribution in [0.3, 0.4) is 0 Å². The second kappa shape index (κ2) is 74.6. The third kappa shape index (κ3) is 49.8. The van der Waals surface area contributed by atoms with Gasteiger partial charge >= 0.3 is 47.2 Å². The predicted octanol–water partition coefficient (Wildman–Crippen LogP) is 24.5. The number of rotatable bonds is 85. The summed E-state index contributed by atoms with van der Waals surface area (Å²) in [6, 6.07) is 0. The van der Waals surface area contributed by atoms with Crippen molar-refractivity contribution in [1.29, 1.82) is 0 Å². The Hall–Kier alpha value is -3.60. The summed E-state index contributed by atoms with van der Waals surface area (Å²) in [6.07, 6.45) is 78.0. The third-order valence-electron chi connectivity index (χ3n) is 24.1. The topological polar surface area (TPSA) is 295 Å². The molecule has 19 nitrogen and oxygen atoms in total. The van der Waals surface area contributed by atoms with E-state index in [0.717, 1.165) is 218 Å². The Balaban J connectivity index is 2.49. The number of carbonyl (C=O) groups excluding carboxylic acids is 4. The molecule has 0 saturated carbocycles. The number of esters is 4. The van der Waals surface area contributed by atoms with Gasteiger partial charge in [0.05, 0.1) is 13.2 Å². The largest absolute Gasteiger partial charge is 0.423 e. The Morgan fingerprint density at radius 3 is 0.748 bits per heavy atom. The van der Waals surface area contributed by atoms with Gasteiger partial charge in [-0.2, -0.15) is 0 Å². The lowest BCUT2D eigenvalue weighted by Gasteiger charge is -2.59. The van der Waals surface area contributed by atoms with Crippen LogP contribution in [0.5, 0.6) is 0 Å². The van der Waals surface area contributed by atoms with E-state index in [-0.39, 0.29) is 25.7 Å². The number of hydrogen-bond acceptors (Lipinski definition) is 19. The Morgan fingerprint density at radius 2 is 0.513 bits per heavy atom. The van der Waals surface area contributed by atoms with Crippen LogP contribution in [0.1, 0.15) is 490 Å². The number of hydrogen-bond donors (Lipinski definition) is 8. The Labute approximate surface area is 725 Å². The van der Waals surface area contributed by atoms with Crippen molar-refractivity contribution >= 4 is 23.9 Å². The van der Waals surface area contributed by atoms with E-state index in [2.05, 4.69) is 76.3 Å². The Morgan fingerprint density at radius 1 is 0.286 bits per heavy atom. The predicted molar refractivity (Wildman–Crippen MR) is 480 cm³/mol. The summed E-state index contributed by atoms with van der Waals surface area (Å²) < 4.78 is 41.8. The fourth-order valence-electron chi connectivity index (χ4n) is 16.3. The number of aliphatic hydroxyl groups excluding tert-OH is 5. The van der Waals surface area contributed by atoms with Crippen LogP contribution in [-0.2, 0) is 52.3 Å². The minimum Gasteiger partial charge on any atom is -0.423 e. The van der Waals surface area contributed by atoms with Gasteiger partial charge in [-0.3, -0.25) is 28.7 Å². The molecule has 2 rings (SSSR count). The van der Waals surface area contributed by atoms with E-state index in [9.17, 15) is 60.0 Å². The summed E-state index contributed by atoms with van der Waals surface area (Å²) in [7, 11) is 0. The molecule has 119 heavy (non-hydrogen) atoms. The molecule has 8 N–H and O–H groups in total. The van der Waals surface area contributed by atoms with Crippen molar-refractivity contribution in [2.24, 2.45) is 0 Å². The minimum atomic E-state index is -4.46. The first kappa shape index (κ1) is 111. The number of allylic oxidation sites excluding steroid dienone is 8. The van der Waals surface area contributed by atoms with Crippen LogP contribution in [0.4, 0.5) is 0 Å². The standard InChI is InChI=1S/C100H182O19/c1-5-9-13-17-21-25-29-33-37-41-45-49-53-57-61-65-69-73-77-81-90(104)115-97(110)89(86-102)114-100(119-96(87-103)95(109)94(108)88(85-101)113-96,118-93(107)84-80-76-72-68-64-60-56-52-48-44-40-36-32-28-24-20-16-12-8-4)99(112,117-92(106)83-79-75-71-67-63-59-55-51-47-43-39-35-31-27-23-19-15-11-7-3)98(97,111)116-91(105)82-78-74-70-66-62-58-54-50-46-42-38-34-30-26-22-18-14-10-6-2/h33-40,88-89,94-95,101-103,108-112H,5-32,41-87H2,1-4H3/b37-33+,38-34+,39-35+,40-36+/t88-,89-,94-,95+,96?,97+,98-,99+,100+/m1/s1. The molecule has 2 fully saturated rings. The molecule has 2 aliphatic heterocycles. The highest BCUT2D eigenvalue weighted by atomic mass is 17.0. The van der Waals surface area contributed by atoms with Crippen molar-refractivity contribution in [3.63, 3.8) is 0 Å². The van der Waals surface area contributed by atoms with E-state index in [1.807, 2.05) is 0 Å². The minimum absolute atomic E-state index is 0.128. The number of carbonyl (C=O) groups is 4. The van der Waals surface area contributed by atoms with Gasteiger partial charge in [0.2, 0.25) is 5.79 Å². The molecule has 2 aliphatic rings. The zero-order valence-corrected chi connectivity index (χ0v) is 76.5. The molecule has 0 aromatic heterocycles. The molecule has 1 unspecified atom stereocenters. The first-order valence-electron chi connectivity index (χ1n) is 49.9. The number of unbranched alkanes of at least 4 members (excludes halogenated alkanes) is 60. The van der Waals surface area contributed by atoms with E-state index in [0.29, 0.717) is 38.5 Å². The fourth-order valence-corrected chi connectivity index (χ4v) is 16.3. The zero-order valence-electron chi connectivity index (χ0n) is 76.5. The molecule has 0 aromatic carbocycles. The maximum absolute atomic E-state index is 14.8. The fraction of sp³-hybridized carbons (Fsp3) is 0.880. The molecule has 0 amide bonds. The molecular weight excluding hydrogens is 1510 g/mol. The summed E-state index contributed by atoms with van der Waals surface area (Å²) in [5.74, 6) is -25.3. The van der Waals surface area contributed by atoms with E-state index in [1.54, 1.807) is 0 Å². The summed E-state index contributed by atoms with van der Waals surface area (Å²) in [6.45, 7) is 4.94. The Kier molecular flexibility index (Phi) is 69.9. The van der Waals surface area contributed by atoms with Gasteiger partial charge in [0.1, 0.15) is 24.9 Å². The normalized spacial score (nSPS) is 22.1. The lowest BCUT2D eigenvalue weighted by Crippen LogP contribution is -2.88. The van der Waals surface area contributed by atoms with Crippen molar-refractivity contribution in [3.8, 4) is 0 Å². The van der Waals surface area contributed by atoms with E-state index in [4.69, 9.17) is 33.2 Å². The summed E-state index contributed by atoms with van der Waals surface area (Å²) in [5.41, 5.74) is 0. The van der Waals surface area contributed by atoms with E-state index >= 15 is 0 Å². The average Bonchev–Trinajstić information content (AvgIpc) is 1.65. The summed E-state index contributed by atoms with van der Waals surface area (Å²) >= 11 is 0. The van der Waals surface area contributed by atoms with Crippen LogP contribution >= 0.6 is 0 Å². The maximum Gasteiger partial charge on any atom is 0.409 e. The quantitative estimate of drug-likeness (QED) is 0.00923. The molecule has 0 radical (unpaired) electrons. The molecule has 0 aromatic rings. The highest BCUT2D eigenvalue weighted by Gasteiger charge is 2.89. The van der Waals surface area contributed by atoms with Crippen molar-refractivity contribution in [3.05, 3.63) is 48.6 Å². The second-order valence-electron chi connectivity index (χ2n) is 35.1. The van der Waals surface area contributed by atoms with Crippen molar-refractivity contribution in [2.75, 3.05) is 19.8 Å². The highest BCUT2D eigenvalue weighted by Crippen LogP contribution is 2.56. The molecule has 2 heterocycles. The summed E-state index contributed by atoms with van der Waals surface area (Å²) in [5, 5.41) is 97.1. The van der Waals surface area contributed by atoms with Gasteiger partial charge in [0, 0.05) is 25.7 Å². The molecule has 19 heteroatoms. The monoisotopic (exact) mass is 1690 g/mol. The van der Waals surface area contributed by atoms with Crippen LogP contribution in [0, 0.1) is 0 Å². The maximum atomic E-state index is 14.8. The van der Waals surface area contributed by atoms with Crippen molar-refractivity contribution in [2.45, 2.75) is 544 Å². The van der Waals surface area contributed by atoms with Crippen LogP contribution in [0.15, 0.2) is 48.6 Å². The lowest BCUT2D eigenvalue weighted by molar-refractivity contribution is -0.615. The SMILES string of the molecule is CCCCCCCC/C=C/CCCCCCCCCCCC(=O)O[C@@]1(OC2(CO)O[C@H](CO)[C@@H](O)[C@@H]2O)O[C@H](CO)[C@](O)(OC(=O)CCCCCCCCCCC/C=C/CCCCCCCC)[C@@](O)(OC(=O)CCCCCCCCCCC/C=C/CCCCCCCC)[C@]1(O)OC(=O)CCCCCCCCCCC/C=C/CCCCCCCC. The second-order valence-corrected chi connectivity index (χ2v) is 35.1. The molecule has 0 spiro atoms. The van der Waals surface area contributed by atoms with Crippen molar-refractivity contribution in [1.82, 2.24) is 0 Å². The van der Waals surface area contributed by atoms with Crippen molar-refractivity contribution < 1.29 is 93.2 Å². The number of ether oxygens (including phenoxy) is 7. The van der Waals surface area contributed by atoms with Gasteiger partial charge in [0.15, 0.2) is 6.10 Å². The van der Waals surface area contributed by atoms with Crippen LogP contribution in [0.25, 0.3) is 0 Å². The first-order valence-corrected chi connectivity index (χ1v) is 49.9. The summed E-state index contributed by atoms with van der Waals surface area (Å²) in [4.78, 5) is 58.7. The molecular formula is C100H182O19. The van der Waals surface area contributed by atoms with Gasteiger partial charge in [-0.15, -0.1) is 0 Å². The van der Waals surface area contributed by atoms with E-state index in [1.165, 1.54) is 154 Å². The zero-order chi connectivity index (χ0) is 86.8. The molecule has 2 saturated heterocycles. The Bertz CT molecular complexity index is 2530. The highest BCUT2D eigenvalue weighted by molar-refractivity contribution is 5.73. The molecule has 9 atom stereocenters. The smallest absolute Gasteiger partial charge is 0.409 e. The number of aliphatic hydroxyl groups is 8. The van der Waals surface area contributed by atoms with Gasteiger partial charge < -0.3 is 64.5 Å². The van der Waals surface area contributed by atoms with Gasteiger partial charge in [-0.25, -0.2) is 0 Å². The van der Waals surface area contributed by atoms with Crippen LogP contribution in [-0.4, -0.2) is 138 Å². The third-order valence-corrected chi connectivity index (χ3v) is 24.1. The molecule has 0 bridgehead atoms. The van der Waals surface area contributed by atoms with Gasteiger partial charge in [0.25, 0.3) is 0 Å². The lowest BCUT2D eigenvalue weighted by atomic mass is 9.85. The average molecular weight is 1690 g/mol. The van der Waals surface area contributed by atoms with Crippen LogP contribution < -0.4 is 0 Å². The first-order chi connectivity index (χ1) is 58.0. The molecule has 0 aliphatic carbocycles.